The number of fused-ring (bicyclic) bond motifs is 9. The molecule has 6 heteroatoms. The Morgan fingerprint density at radius 3 is 1.65 bits per heavy atom. The lowest BCUT2D eigenvalue weighted by atomic mass is 10.0. The molecule has 0 bridgehead atoms. The molecule has 6 nitrogen and oxygen atoms in total. The van der Waals surface area contributed by atoms with Crippen LogP contribution in [0, 0.1) is 0 Å². The molecule has 4 heterocycles. The number of para-hydroxylation sites is 4. The van der Waals surface area contributed by atoms with Gasteiger partial charge in [0, 0.05) is 49.0 Å². The third-order valence-electron chi connectivity index (χ3n) is 10.5. The highest BCUT2D eigenvalue weighted by Gasteiger charge is 2.21. The fourth-order valence-corrected chi connectivity index (χ4v) is 7.86. The predicted octanol–water partition coefficient (Wildman–Crippen LogP) is 13.4. The summed E-state index contributed by atoms with van der Waals surface area (Å²) in [6, 6.07) is 35.8. The van der Waals surface area contributed by atoms with Crippen LogP contribution in [0.4, 0.5) is 0 Å². The Balaban J connectivity index is 1.12. The van der Waals surface area contributed by atoms with E-state index in [1.165, 1.54) is 0 Å². The average molecular weight is 740 g/mol. The van der Waals surface area contributed by atoms with Crippen molar-refractivity contribution in [1.29, 1.82) is 0 Å². The molecule has 0 aliphatic rings. The second kappa shape index (κ2) is 12.3. The van der Waals surface area contributed by atoms with Crippen molar-refractivity contribution in [2.24, 2.45) is 0 Å². The number of hydrogen-bond acceptors (Lipinski definition) is 5. The molecular weight excluding hydrogens is 701 g/mol. The average Bonchev–Trinajstić information content (AvgIpc) is 4.02. The van der Waals surface area contributed by atoms with Crippen molar-refractivity contribution < 1.29 is 21.2 Å². The smallest absolute Gasteiger partial charge is 0.166 e. The number of nitrogens with zero attached hydrogens (tertiary/aromatic N) is 4. The Bertz CT molecular complexity index is 3920. The minimum atomic E-state index is -0.521. The molecule has 0 N–H and O–H groups in total. The Labute approximate surface area is 338 Å². The van der Waals surface area contributed by atoms with E-state index in [-0.39, 0.29) is 39.9 Å². The largest absolute Gasteiger partial charge is 0.456 e. The van der Waals surface area contributed by atoms with E-state index in [9.17, 15) is 2.74 Å². The van der Waals surface area contributed by atoms with Crippen LogP contribution in [0.2, 0.25) is 0 Å². The number of rotatable bonds is 5. The molecule has 12 aromatic rings. The summed E-state index contributed by atoms with van der Waals surface area (Å²) in [4.78, 5) is 15.3. The summed E-state index contributed by atoms with van der Waals surface area (Å²) in [5.41, 5.74) is 6.04. The molecule has 266 valence electrons. The van der Waals surface area contributed by atoms with Gasteiger partial charge in [-0.15, -0.1) is 0 Å². The van der Waals surface area contributed by atoms with Gasteiger partial charge in [0.15, 0.2) is 17.5 Å². The van der Waals surface area contributed by atoms with Crippen molar-refractivity contribution in [3.05, 3.63) is 182 Å². The molecule has 0 saturated heterocycles. The molecule has 0 atom stereocenters. The minimum Gasteiger partial charge on any atom is -0.456 e. The van der Waals surface area contributed by atoms with Gasteiger partial charge in [0.2, 0.25) is 0 Å². The molecule has 57 heavy (non-hydrogen) atoms. The number of hydrogen-bond donors (Lipinski definition) is 0. The number of furan rings is 2. The second-order valence-electron chi connectivity index (χ2n) is 13.7. The van der Waals surface area contributed by atoms with E-state index in [1.807, 2.05) is 109 Å². The standard InChI is InChI=1S/C51H30N4O2/c1-2-12-31(13-3-1)32-24-27-44-41(28-32)35-14-4-8-18-42(35)55(44)43-19-9-5-17-40(43)51-53-49(33-22-25-38-36-15-6-10-20-45(36)56-47(38)29-33)52-50(54-51)34-23-26-39-37-16-7-11-21-46(37)57-48(39)30-34/h1-30H/i1D,2D,3D,4D,8D,12D,13D,14D,18D. The summed E-state index contributed by atoms with van der Waals surface area (Å²) < 4.78 is 92.5. The molecular formula is C51H30N4O2. The molecule has 0 fully saturated rings. The zero-order chi connectivity index (χ0) is 45.3. The summed E-state index contributed by atoms with van der Waals surface area (Å²) in [5.74, 6) is 0.972. The minimum absolute atomic E-state index is 0.0306. The maximum Gasteiger partial charge on any atom is 0.166 e. The number of benzene rings is 8. The normalized spacial score (nSPS) is 14.1. The molecule has 8 aromatic carbocycles. The lowest BCUT2D eigenvalue weighted by molar-refractivity contribution is 0.668. The highest BCUT2D eigenvalue weighted by Crippen LogP contribution is 2.39. The van der Waals surface area contributed by atoms with E-state index in [2.05, 4.69) is 0 Å². The van der Waals surface area contributed by atoms with Crippen molar-refractivity contribution in [2.75, 3.05) is 0 Å². The Morgan fingerprint density at radius 2 is 0.947 bits per heavy atom. The van der Waals surface area contributed by atoms with E-state index in [0.29, 0.717) is 56.1 Å². The Hall–Kier alpha value is -7.83. The lowest BCUT2D eigenvalue weighted by Gasteiger charge is -2.14. The predicted molar refractivity (Wildman–Crippen MR) is 230 cm³/mol. The van der Waals surface area contributed by atoms with E-state index in [0.717, 1.165) is 32.7 Å². The SMILES string of the molecule is [2H]c1c([2H])c([2H])c(-c2ccc3c(c2)c2c([2H])c([2H])c([2H])c([2H])c2n3-c2ccccc2-c2nc(-c3ccc4c(c3)oc3ccccc34)nc(-c3ccc4c(c3)oc3ccccc34)n2)c([2H])c1[2H]. The van der Waals surface area contributed by atoms with Gasteiger partial charge >= 0.3 is 0 Å². The summed E-state index contributed by atoms with van der Waals surface area (Å²) in [6.45, 7) is 0. The monoisotopic (exact) mass is 739 g/mol. The highest BCUT2D eigenvalue weighted by atomic mass is 16.3. The first kappa shape index (κ1) is 23.8. The van der Waals surface area contributed by atoms with Gasteiger partial charge in [-0.25, -0.2) is 15.0 Å². The second-order valence-corrected chi connectivity index (χ2v) is 13.7. The van der Waals surface area contributed by atoms with Gasteiger partial charge in [-0.2, -0.15) is 0 Å². The van der Waals surface area contributed by atoms with Crippen molar-refractivity contribution >= 4 is 65.7 Å². The fourth-order valence-electron chi connectivity index (χ4n) is 7.86. The summed E-state index contributed by atoms with van der Waals surface area (Å²) >= 11 is 0. The molecule has 0 unspecified atom stereocenters. The molecule has 0 aliphatic heterocycles. The van der Waals surface area contributed by atoms with Crippen molar-refractivity contribution in [3.8, 4) is 51.0 Å². The first-order valence-electron chi connectivity index (χ1n) is 22.8. The zero-order valence-corrected chi connectivity index (χ0v) is 29.7. The van der Waals surface area contributed by atoms with E-state index < -0.39 is 42.3 Å². The van der Waals surface area contributed by atoms with Gasteiger partial charge in [-0.05, 0) is 77.8 Å². The maximum atomic E-state index is 9.29. The van der Waals surface area contributed by atoms with Gasteiger partial charge in [0.05, 0.1) is 29.1 Å². The van der Waals surface area contributed by atoms with Crippen LogP contribution in [-0.4, -0.2) is 19.5 Å². The van der Waals surface area contributed by atoms with Crippen LogP contribution in [0.5, 0.6) is 0 Å². The van der Waals surface area contributed by atoms with E-state index in [4.69, 9.17) is 33.4 Å². The molecule has 4 aromatic heterocycles. The first-order chi connectivity index (χ1) is 32.0. The molecule has 0 saturated carbocycles. The molecule has 12 rings (SSSR count). The van der Waals surface area contributed by atoms with Crippen LogP contribution >= 0.6 is 0 Å². The Kier molecular flexibility index (Phi) is 5.17. The topological polar surface area (TPSA) is 69.9 Å². The molecule has 0 amide bonds. The van der Waals surface area contributed by atoms with Crippen molar-refractivity contribution in [3.63, 3.8) is 0 Å². The van der Waals surface area contributed by atoms with Gasteiger partial charge in [0.25, 0.3) is 0 Å². The van der Waals surface area contributed by atoms with Crippen LogP contribution in [-0.2, 0) is 0 Å². The maximum absolute atomic E-state index is 9.29. The lowest BCUT2D eigenvalue weighted by Crippen LogP contribution is -2.03. The van der Waals surface area contributed by atoms with Gasteiger partial charge in [-0.1, -0.05) is 115 Å². The molecule has 0 radical (unpaired) electrons. The fraction of sp³-hybridized carbons (Fsp3) is 0. The van der Waals surface area contributed by atoms with Crippen LogP contribution in [0.3, 0.4) is 0 Å². The third-order valence-corrected chi connectivity index (χ3v) is 10.5. The van der Waals surface area contributed by atoms with Crippen molar-refractivity contribution in [2.45, 2.75) is 0 Å². The van der Waals surface area contributed by atoms with Gasteiger partial charge < -0.3 is 13.4 Å². The molecule has 0 aliphatic carbocycles. The summed E-state index contributed by atoms with van der Waals surface area (Å²) in [6.07, 6.45) is 0. The molecule has 0 spiro atoms. The van der Waals surface area contributed by atoms with Crippen LogP contribution in [0.1, 0.15) is 12.3 Å². The van der Waals surface area contributed by atoms with Crippen LogP contribution < -0.4 is 0 Å². The van der Waals surface area contributed by atoms with Gasteiger partial charge in [-0.3, -0.25) is 0 Å². The summed E-state index contributed by atoms with van der Waals surface area (Å²) in [5, 5.41) is 4.41. The van der Waals surface area contributed by atoms with E-state index >= 15 is 0 Å². The first-order valence-corrected chi connectivity index (χ1v) is 18.3. The number of aromatic nitrogens is 4. The van der Waals surface area contributed by atoms with Gasteiger partial charge in [0.1, 0.15) is 22.3 Å². The van der Waals surface area contributed by atoms with E-state index in [1.54, 1.807) is 22.8 Å². The van der Waals surface area contributed by atoms with Crippen molar-refractivity contribution in [1.82, 2.24) is 19.5 Å². The summed E-state index contributed by atoms with van der Waals surface area (Å²) in [7, 11) is 0. The zero-order valence-electron chi connectivity index (χ0n) is 38.7. The highest BCUT2D eigenvalue weighted by molar-refractivity contribution is 6.11. The quantitative estimate of drug-likeness (QED) is 0.176. The third kappa shape index (κ3) is 5.01. The Morgan fingerprint density at radius 1 is 0.386 bits per heavy atom. The van der Waals surface area contributed by atoms with Crippen LogP contribution in [0.15, 0.2) is 191 Å². The van der Waals surface area contributed by atoms with Crippen LogP contribution in [0.25, 0.3) is 117 Å².